The van der Waals surface area contributed by atoms with Crippen LogP contribution in [0.25, 0.3) is 0 Å². The molecule has 1 aliphatic heterocycles. The maximum absolute atomic E-state index is 12.1. The Balaban J connectivity index is 2.12. The SMILES string of the molecule is CC(C)c1cc(C(=O)NC2CNC(=O)C2)cc(Cl)n1. The Bertz CT molecular complexity index is 517. The quantitative estimate of drug-likeness (QED) is 0.825. The Morgan fingerprint density at radius 2 is 2.26 bits per heavy atom. The molecule has 2 amide bonds. The summed E-state index contributed by atoms with van der Waals surface area (Å²) in [6.45, 7) is 4.44. The van der Waals surface area contributed by atoms with Gasteiger partial charge in [-0.05, 0) is 18.1 Å². The Morgan fingerprint density at radius 3 is 2.84 bits per heavy atom. The first-order chi connectivity index (χ1) is 8.95. The predicted octanol–water partition coefficient (Wildman–Crippen LogP) is 1.48. The van der Waals surface area contributed by atoms with E-state index in [0.29, 0.717) is 23.7 Å². The minimum Gasteiger partial charge on any atom is -0.354 e. The molecule has 6 heteroatoms. The zero-order valence-corrected chi connectivity index (χ0v) is 11.6. The van der Waals surface area contributed by atoms with Crippen molar-refractivity contribution in [3.8, 4) is 0 Å². The zero-order chi connectivity index (χ0) is 14.0. The molecule has 0 radical (unpaired) electrons. The lowest BCUT2D eigenvalue weighted by molar-refractivity contribution is -0.119. The summed E-state index contributed by atoms with van der Waals surface area (Å²) >= 11 is 5.92. The maximum Gasteiger partial charge on any atom is 0.251 e. The fourth-order valence-electron chi connectivity index (χ4n) is 1.92. The highest BCUT2D eigenvalue weighted by atomic mass is 35.5. The van der Waals surface area contributed by atoms with Crippen molar-refractivity contribution < 1.29 is 9.59 Å². The monoisotopic (exact) mass is 281 g/mol. The highest BCUT2D eigenvalue weighted by molar-refractivity contribution is 6.29. The van der Waals surface area contributed by atoms with Gasteiger partial charge in [-0.25, -0.2) is 4.98 Å². The van der Waals surface area contributed by atoms with Crippen LogP contribution in [0.5, 0.6) is 0 Å². The molecule has 0 bridgehead atoms. The number of carbonyl (C=O) groups is 2. The molecule has 2 N–H and O–H groups in total. The van der Waals surface area contributed by atoms with Crippen molar-refractivity contribution in [2.24, 2.45) is 0 Å². The number of amides is 2. The van der Waals surface area contributed by atoms with E-state index in [9.17, 15) is 9.59 Å². The summed E-state index contributed by atoms with van der Waals surface area (Å²) in [5.74, 6) is -0.0754. The summed E-state index contributed by atoms with van der Waals surface area (Å²) in [4.78, 5) is 27.4. The number of carbonyl (C=O) groups excluding carboxylic acids is 2. The fourth-order valence-corrected chi connectivity index (χ4v) is 2.14. The first kappa shape index (κ1) is 13.8. The van der Waals surface area contributed by atoms with Crippen molar-refractivity contribution in [3.63, 3.8) is 0 Å². The smallest absolute Gasteiger partial charge is 0.251 e. The van der Waals surface area contributed by atoms with Crippen LogP contribution >= 0.6 is 11.6 Å². The molecule has 0 aromatic carbocycles. The molecule has 2 heterocycles. The first-order valence-corrected chi connectivity index (χ1v) is 6.58. The Labute approximate surface area is 116 Å². The van der Waals surface area contributed by atoms with Gasteiger partial charge in [-0.1, -0.05) is 25.4 Å². The molecule has 1 saturated heterocycles. The van der Waals surface area contributed by atoms with Crippen molar-refractivity contribution >= 4 is 23.4 Å². The number of nitrogens with one attached hydrogen (secondary N) is 2. The largest absolute Gasteiger partial charge is 0.354 e. The van der Waals surface area contributed by atoms with Crippen molar-refractivity contribution in [2.75, 3.05) is 6.54 Å². The highest BCUT2D eigenvalue weighted by Gasteiger charge is 2.23. The summed E-state index contributed by atoms with van der Waals surface area (Å²) in [6, 6.07) is 3.11. The van der Waals surface area contributed by atoms with E-state index < -0.39 is 0 Å². The molecular weight excluding hydrogens is 266 g/mol. The lowest BCUT2D eigenvalue weighted by Gasteiger charge is -2.12. The van der Waals surface area contributed by atoms with E-state index in [1.807, 2.05) is 13.8 Å². The van der Waals surface area contributed by atoms with Crippen molar-refractivity contribution in [1.29, 1.82) is 0 Å². The first-order valence-electron chi connectivity index (χ1n) is 6.20. The second-order valence-electron chi connectivity index (χ2n) is 4.94. The van der Waals surface area contributed by atoms with Crippen LogP contribution in [0.15, 0.2) is 12.1 Å². The van der Waals surface area contributed by atoms with E-state index in [-0.39, 0.29) is 23.8 Å². The Kier molecular flexibility index (Phi) is 4.04. The number of halogens is 1. The standard InChI is InChI=1S/C13H16ClN3O2/c1-7(2)10-3-8(4-11(14)17-10)13(19)16-9-5-12(18)15-6-9/h3-4,7,9H,5-6H2,1-2H3,(H,15,18)(H,16,19). The van der Waals surface area contributed by atoms with Gasteiger partial charge in [0.05, 0.1) is 6.04 Å². The third kappa shape index (κ3) is 3.44. The summed E-state index contributed by atoms with van der Waals surface area (Å²) < 4.78 is 0. The van der Waals surface area contributed by atoms with E-state index in [0.717, 1.165) is 5.69 Å². The van der Waals surface area contributed by atoms with Gasteiger partial charge in [-0.15, -0.1) is 0 Å². The van der Waals surface area contributed by atoms with Gasteiger partial charge in [0.2, 0.25) is 5.91 Å². The van der Waals surface area contributed by atoms with Crippen LogP contribution in [0.3, 0.4) is 0 Å². The summed E-state index contributed by atoms with van der Waals surface area (Å²) in [5.41, 5.74) is 1.25. The van der Waals surface area contributed by atoms with E-state index in [1.165, 1.54) is 6.07 Å². The molecule has 1 aromatic heterocycles. The van der Waals surface area contributed by atoms with E-state index in [1.54, 1.807) is 6.07 Å². The van der Waals surface area contributed by atoms with Gasteiger partial charge in [0.15, 0.2) is 0 Å². The molecule has 0 saturated carbocycles. The van der Waals surface area contributed by atoms with Gasteiger partial charge < -0.3 is 10.6 Å². The van der Waals surface area contributed by atoms with Crippen LogP contribution in [-0.4, -0.2) is 29.4 Å². The van der Waals surface area contributed by atoms with Crippen molar-refractivity contribution in [3.05, 3.63) is 28.5 Å². The molecule has 1 aliphatic rings. The van der Waals surface area contributed by atoms with Gasteiger partial charge in [0, 0.05) is 24.2 Å². The second kappa shape index (κ2) is 5.57. The maximum atomic E-state index is 12.1. The summed E-state index contributed by atoms with van der Waals surface area (Å²) in [7, 11) is 0. The molecule has 5 nitrogen and oxygen atoms in total. The average molecular weight is 282 g/mol. The number of nitrogens with zero attached hydrogens (tertiary/aromatic N) is 1. The van der Waals surface area contributed by atoms with Crippen LogP contribution < -0.4 is 10.6 Å². The number of aromatic nitrogens is 1. The van der Waals surface area contributed by atoms with E-state index in [2.05, 4.69) is 15.6 Å². The third-order valence-corrected chi connectivity index (χ3v) is 3.17. The molecule has 1 fully saturated rings. The topological polar surface area (TPSA) is 71.1 Å². The van der Waals surface area contributed by atoms with Crippen LogP contribution in [-0.2, 0) is 4.79 Å². The molecule has 1 aromatic rings. The number of rotatable bonds is 3. The Morgan fingerprint density at radius 1 is 1.53 bits per heavy atom. The average Bonchev–Trinajstić information content (AvgIpc) is 2.73. The van der Waals surface area contributed by atoms with Gasteiger partial charge >= 0.3 is 0 Å². The molecule has 19 heavy (non-hydrogen) atoms. The normalized spacial score (nSPS) is 18.5. The van der Waals surface area contributed by atoms with Gasteiger partial charge in [-0.3, -0.25) is 9.59 Å². The number of hydrogen-bond donors (Lipinski definition) is 2. The Hall–Kier alpha value is -1.62. The molecule has 0 spiro atoms. The minimum absolute atomic E-state index is 0.0408. The lowest BCUT2D eigenvalue weighted by atomic mass is 10.1. The molecular formula is C13H16ClN3O2. The van der Waals surface area contributed by atoms with Gasteiger partial charge in [0.1, 0.15) is 5.15 Å². The van der Waals surface area contributed by atoms with Crippen molar-refractivity contribution in [1.82, 2.24) is 15.6 Å². The lowest BCUT2D eigenvalue weighted by Crippen LogP contribution is -2.36. The third-order valence-electron chi connectivity index (χ3n) is 2.98. The van der Waals surface area contributed by atoms with Gasteiger partial charge in [-0.2, -0.15) is 0 Å². The van der Waals surface area contributed by atoms with Crippen LogP contribution in [0.1, 0.15) is 42.2 Å². The van der Waals surface area contributed by atoms with Crippen LogP contribution in [0, 0.1) is 0 Å². The fraction of sp³-hybridized carbons (Fsp3) is 0.462. The molecule has 2 rings (SSSR count). The van der Waals surface area contributed by atoms with E-state index >= 15 is 0 Å². The van der Waals surface area contributed by atoms with Crippen LogP contribution in [0.2, 0.25) is 5.15 Å². The van der Waals surface area contributed by atoms with Crippen LogP contribution in [0.4, 0.5) is 0 Å². The number of hydrogen-bond acceptors (Lipinski definition) is 3. The second-order valence-corrected chi connectivity index (χ2v) is 5.32. The van der Waals surface area contributed by atoms with Gasteiger partial charge in [0.25, 0.3) is 5.91 Å². The highest BCUT2D eigenvalue weighted by Crippen LogP contribution is 2.18. The predicted molar refractivity (Wildman–Crippen MR) is 72.2 cm³/mol. The molecule has 1 atom stereocenters. The number of pyridine rings is 1. The molecule has 0 aliphatic carbocycles. The van der Waals surface area contributed by atoms with E-state index in [4.69, 9.17) is 11.6 Å². The summed E-state index contributed by atoms with van der Waals surface area (Å²) in [5, 5.41) is 5.79. The molecule has 102 valence electrons. The molecule has 1 unspecified atom stereocenters. The zero-order valence-electron chi connectivity index (χ0n) is 10.9. The van der Waals surface area contributed by atoms with Crippen molar-refractivity contribution in [2.45, 2.75) is 32.2 Å². The minimum atomic E-state index is -0.229. The summed E-state index contributed by atoms with van der Waals surface area (Å²) in [6.07, 6.45) is 0.321.